The van der Waals surface area contributed by atoms with Crippen LogP contribution in [0.4, 0.5) is 0 Å². The standard InChI is InChI=1S/C13H26N2/c1-4-7-14-8-5-13(6-9-14)10-15(11-13)12(2)3/h12H,4-11H2,1-3H3. The van der Waals surface area contributed by atoms with Gasteiger partial charge in [-0.1, -0.05) is 6.92 Å². The lowest BCUT2D eigenvalue weighted by atomic mass is 9.71. The third-order valence-corrected chi connectivity index (χ3v) is 4.26. The smallest absolute Gasteiger partial charge is 0.00541 e. The molecule has 0 aromatic carbocycles. The Balaban J connectivity index is 1.75. The van der Waals surface area contributed by atoms with Gasteiger partial charge in [0.1, 0.15) is 0 Å². The third kappa shape index (κ3) is 2.36. The Labute approximate surface area is 94.6 Å². The number of rotatable bonds is 3. The maximum Gasteiger partial charge on any atom is 0.00541 e. The molecule has 1 spiro atoms. The van der Waals surface area contributed by atoms with Gasteiger partial charge in [0, 0.05) is 19.1 Å². The van der Waals surface area contributed by atoms with Crippen molar-refractivity contribution in [3.63, 3.8) is 0 Å². The first-order valence-corrected chi connectivity index (χ1v) is 6.62. The molecule has 15 heavy (non-hydrogen) atoms. The van der Waals surface area contributed by atoms with Crippen LogP contribution in [0.2, 0.25) is 0 Å². The van der Waals surface area contributed by atoms with Crippen LogP contribution < -0.4 is 0 Å². The van der Waals surface area contributed by atoms with Crippen LogP contribution >= 0.6 is 0 Å². The highest BCUT2D eigenvalue weighted by atomic mass is 15.2. The first kappa shape index (κ1) is 11.4. The molecule has 0 aliphatic carbocycles. The van der Waals surface area contributed by atoms with Gasteiger partial charge in [-0.15, -0.1) is 0 Å². The highest BCUT2D eigenvalue weighted by molar-refractivity contribution is 4.98. The molecule has 0 aromatic heterocycles. The molecule has 2 aliphatic heterocycles. The fourth-order valence-corrected chi connectivity index (χ4v) is 3.06. The van der Waals surface area contributed by atoms with Gasteiger partial charge in [0.2, 0.25) is 0 Å². The minimum absolute atomic E-state index is 0.717. The predicted octanol–water partition coefficient (Wildman–Crippen LogP) is 2.20. The fraction of sp³-hybridized carbons (Fsp3) is 1.00. The monoisotopic (exact) mass is 210 g/mol. The van der Waals surface area contributed by atoms with Crippen LogP contribution in [0.25, 0.3) is 0 Å². The fourth-order valence-electron chi connectivity index (χ4n) is 3.06. The van der Waals surface area contributed by atoms with E-state index in [0.717, 1.165) is 6.04 Å². The summed E-state index contributed by atoms with van der Waals surface area (Å²) in [6, 6.07) is 0.754. The van der Waals surface area contributed by atoms with Crippen LogP contribution in [0.5, 0.6) is 0 Å². The van der Waals surface area contributed by atoms with Gasteiger partial charge in [-0.25, -0.2) is 0 Å². The van der Waals surface area contributed by atoms with Crippen molar-refractivity contribution in [3.8, 4) is 0 Å². The number of nitrogens with zero attached hydrogens (tertiary/aromatic N) is 2. The second kappa shape index (κ2) is 4.42. The van der Waals surface area contributed by atoms with E-state index in [2.05, 4.69) is 30.6 Å². The summed E-state index contributed by atoms with van der Waals surface area (Å²) < 4.78 is 0. The van der Waals surface area contributed by atoms with E-state index in [1.807, 2.05) is 0 Å². The highest BCUT2D eigenvalue weighted by Crippen LogP contribution is 2.41. The van der Waals surface area contributed by atoms with Crippen LogP contribution in [-0.4, -0.2) is 48.6 Å². The Hall–Kier alpha value is -0.0800. The van der Waals surface area contributed by atoms with Crippen molar-refractivity contribution in [1.82, 2.24) is 9.80 Å². The first-order valence-electron chi connectivity index (χ1n) is 6.62. The van der Waals surface area contributed by atoms with Crippen molar-refractivity contribution < 1.29 is 0 Å². The first-order chi connectivity index (χ1) is 7.15. The Kier molecular flexibility index (Phi) is 3.36. The van der Waals surface area contributed by atoms with E-state index in [1.54, 1.807) is 0 Å². The molecule has 88 valence electrons. The molecule has 2 heterocycles. The molecule has 2 saturated heterocycles. The molecule has 0 unspecified atom stereocenters. The van der Waals surface area contributed by atoms with E-state index in [1.165, 1.54) is 52.0 Å². The minimum Gasteiger partial charge on any atom is -0.303 e. The Morgan fingerprint density at radius 2 is 1.73 bits per heavy atom. The Morgan fingerprint density at radius 3 is 2.20 bits per heavy atom. The SMILES string of the molecule is CCCN1CCC2(CC1)CN(C(C)C)C2. The molecule has 0 saturated carbocycles. The number of likely N-dealkylation sites (tertiary alicyclic amines) is 2. The van der Waals surface area contributed by atoms with Crippen LogP contribution in [0.3, 0.4) is 0 Å². The number of piperidine rings is 1. The van der Waals surface area contributed by atoms with Crippen LogP contribution in [0, 0.1) is 5.41 Å². The average molecular weight is 210 g/mol. The second-order valence-corrected chi connectivity index (χ2v) is 5.84. The summed E-state index contributed by atoms with van der Waals surface area (Å²) in [7, 11) is 0. The lowest BCUT2D eigenvalue weighted by molar-refractivity contribution is -0.0620. The maximum absolute atomic E-state index is 2.64. The normalized spacial score (nSPS) is 27.2. The summed E-state index contributed by atoms with van der Waals surface area (Å²) in [5, 5.41) is 0. The number of hydrogen-bond donors (Lipinski definition) is 0. The summed E-state index contributed by atoms with van der Waals surface area (Å²) >= 11 is 0. The predicted molar refractivity (Wildman–Crippen MR) is 65.1 cm³/mol. The second-order valence-electron chi connectivity index (χ2n) is 5.84. The molecular weight excluding hydrogens is 184 g/mol. The van der Waals surface area contributed by atoms with Gasteiger partial charge >= 0.3 is 0 Å². The minimum atomic E-state index is 0.717. The largest absolute Gasteiger partial charge is 0.303 e. The van der Waals surface area contributed by atoms with Gasteiger partial charge in [0.25, 0.3) is 0 Å². The van der Waals surface area contributed by atoms with Gasteiger partial charge in [-0.2, -0.15) is 0 Å². The summed E-state index contributed by atoms with van der Waals surface area (Å²) in [5.41, 5.74) is 0.717. The summed E-state index contributed by atoms with van der Waals surface area (Å²) in [6.07, 6.45) is 4.19. The van der Waals surface area contributed by atoms with Gasteiger partial charge in [0.05, 0.1) is 0 Å². The Bertz CT molecular complexity index is 197. The summed E-state index contributed by atoms with van der Waals surface area (Å²) in [4.78, 5) is 5.26. The topological polar surface area (TPSA) is 6.48 Å². The zero-order valence-corrected chi connectivity index (χ0v) is 10.6. The van der Waals surface area contributed by atoms with E-state index in [-0.39, 0.29) is 0 Å². The summed E-state index contributed by atoms with van der Waals surface area (Å²) in [6.45, 7) is 13.7. The zero-order chi connectivity index (χ0) is 10.9. The van der Waals surface area contributed by atoms with E-state index in [9.17, 15) is 0 Å². The van der Waals surface area contributed by atoms with Gasteiger partial charge in [-0.3, -0.25) is 4.90 Å². The quantitative estimate of drug-likeness (QED) is 0.704. The van der Waals surface area contributed by atoms with Gasteiger partial charge in [-0.05, 0) is 58.2 Å². The molecule has 0 aromatic rings. The van der Waals surface area contributed by atoms with E-state index in [0.29, 0.717) is 5.41 Å². The van der Waals surface area contributed by atoms with Crippen LogP contribution in [-0.2, 0) is 0 Å². The molecule has 0 N–H and O–H groups in total. The van der Waals surface area contributed by atoms with E-state index < -0.39 is 0 Å². The molecule has 2 heteroatoms. The van der Waals surface area contributed by atoms with Crippen molar-refractivity contribution in [3.05, 3.63) is 0 Å². The van der Waals surface area contributed by atoms with Gasteiger partial charge in [0.15, 0.2) is 0 Å². The van der Waals surface area contributed by atoms with Gasteiger partial charge < -0.3 is 4.90 Å². The van der Waals surface area contributed by atoms with Crippen molar-refractivity contribution in [2.24, 2.45) is 5.41 Å². The molecule has 0 atom stereocenters. The average Bonchev–Trinajstić information content (AvgIpc) is 2.16. The third-order valence-electron chi connectivity index (χ3n) is 4.26. The van der Waals surface area contributed by atoms with Crippen molar-refractivity contribution >= 4 is 0 Å². The molecule has 2 rings (SSSR count). The van der Waals surface area contributed by atoms with E-state index >= 15 is 0 Å². The molecule has 0 radical (unpaired) electrons. The zero-order valence-electron chi connectivity index (χ0n) is 10.6. The Morgan fingerprint density at radius 1 is 1.13 bits per heavy atom. The molecule has 0 bridgehead atoms. The van der Waals surface area contributed by atoms with E-state index in [4.69, 9.17) is 0 Å². The maximum atomic E-state index is 2.64. The lowest BCUT2D eigenvalue weighted by Gasteiger charge is -2.55. The lowest BCUT2D eigenvalue weighted by Crippen LogP contribution is -2.62. The molecule has 0 amide bonds. The number of hydrogen-bond acceptors (Lipinski definition) is 2. The molecular formula is C13H26N2. The van der Waals surface area contributed by atoms with Crippen molar-refractivity contribution in [1.29, 1.82) is 0 Å². The molecule has 2 aliphatic rings. The van der Waals surface area contributed by atoms with Crippen molar-refractivity contribution in [2.45, 2.75) is 46.1 Å². The highest BCUT2D eigenvalue weighted by Gasteiger charge is 2.44. The molecule has 2 fully saturated rings. The summed E-state index contributed by atoms with van der Waals surface area (Å²) in [5.74, 6) is 0. The molecule has 2 nitrogen and oxygen atoms in total. The van der Waals surface area contributed by atoms with Crippen LogP contribution in [0.1, 0.15) is 40.0 Å². The van der Waals surface area contributed by atoms with Crippen LogP contribution in [0.15, 0.2) is 0 Å². The van der Waals surface area contributed by atoms with Crippen molar-refractivity contribution in [2.75, 3.05) is 32.7 Å².